The van der Waals surface area contributed by atoms with E-state index >= 15 is 0 Å². The molecule has 0 aromatic rings. The van der Waals surface area contributed by atoms with E-state index in [0.29, 0.717) is 6.42 Å². The minimum atomic E-state index is -0.710. The number of carbonyl (C=O) groups excluding carboxylic acids is 3. The van der Waals surface area contributed by atoms with E-state index in [4.69, 9.17) is 4.74 Å². The Morgan fingerprint density at radius 2 is 2.03 bits per heavy atom. The zero-order valence-electron chi connectivity index (χ0n) is 19.2. The van der Waals surface area contributed by atoms with Gasteiger partial charge < -0.3 is 9.84 Å². The summed E-state index contributed by atoms with van der Waals surface area (Å²) in [5.41, 5.74) is 0.399. The summed E-state index contributed by atoms with van der Waals surface area (Å²) in [6.07, 6.45) is 9.65. The molecule has 8 atom stereocenters. The molecule has 0 unspecified atom stereocenters. The quantitative estimate of drug-likeness (QED) is 0.406. The minimum absolute atomic E-state index is 0.0304. The van der Waals surface area contributed by atoms with E-state index in [9.17, 15) is 19.5 Å². The highest BCUT2D eigenvalue weighted by Crippen LogP contribution is 2.67. The van der Waals surface area contributed by atoms with Crippen LogP contribution in [0.1, 0.15) is 66.2 Å². The van der Waals surface area contributed by atoms with Gasteiger partial charge in [0.2, 0.25) is 5.78 Å². The van der Waals surface area contributed by atoms with Crippen LogP contribution in [0, 0.1) is 40.4 Å². The molecule has 0 amide bonds. The molecule has 0 spiro atoms. The molecule has 31 heavy (non-hydrogen) atoms. The van der Waals surface area contributed by atoms with Gasteiger partial charge in [-0.1, -0.05) is 45.8 Å². The average molecular weight is 429 g/mol. The van der Waals surface area contributed by atoms with Crippen molar-refractivity contribution in [3.63, 3.8) is 0 Å². The molecule has 0 aliphatic heterocycles. The van der Waals surface area contributed by atoms with Crippen molar-refractivity contribution in [3.05, 3.63) is 23.8 Å². The number of ether oxygens (including phenoxy) is 1. The maximum Gasteiger partial charge on any atom is 0.374 e. The fourth-order valence-corrected chi connectivity index (χ4v) is 7.76. The van der Waals surface area contributed by atoms with Gasteiger partial charge in [-0.15, -0.1) is 0 Å². The largest absolute Gasteiger partial charge is 0.460 e. The van der Waals surface area contributed by atoms with Crippen molar-refractivity contribution in [2.24, 2.45) is 40.4 Å². The molecule has 0 bridgehead atoms. The van der Waals surface area contributed by atoms with Gasteiger partial charge in [-0.3, -0.25) is 9.59 Å². The van der Waals surface area contributed by atoms with E-state index in [0.717, 1.165) is 37.7 Å². The number of allylic oxidation sites excluding steroid dienone is 4. The maximum atomic E-state index is 13.2. The number of carbonyl (C=O) groups is 3. The Bertz CT molecular complexity index is 841. The van der Waals surface area contributed by atoms with Crippen molar-refractivity contribution in [2.45, 2.75) is 72.3 Å². The predicted octanol–water partition coefficient (Wildman–Crippen LogP) is 4.04. The Balaban J connectivity index is 1.62. The third-order valence-electron chi connectivity index (χ3n) is 9.05. The first kappa shape index (κ1) is 22.4. The molecule has 0 radical (unpaired) electrons. The highest BCUT2D eigenvalue weighted by molar-refractivity contribution is 6.34. The second kappa shape index (κ2) is 7.99. The third kappa shape index (κ3) is 3.44. The van der Waals surface area contributed by atoms with Crippen LogP contribution in [0.5, 0.6) is 0 Å². The number of ketones is 2. The molecule has 3 saturated carbocycles. The zero-order valence-corrected chi connectivity index (χ0v) is 19.2. The van der Waals surface area contributed by atoms with Gasteiger partial charge >= 0.3 is 5.97 Å². The van der Waals surface area contributed by atoms with E-state index in [1.165, 1.54) is 0 Å². The lowest BCUT2D eigenvalue weighted by Gasteiger charge is -2.58. The molecule has 0 aromatic carbocycles. The smallest absolute Gasteiger partial charge is 0.374 e. The van der Waals surface area contributed by atoms with Gasteiger partial charge in [0.25, 0.3) is 0 Å². The van der Waals surface area contributed by atoms with Crippen LogP contribution in [-0.4, -0.2) is 35.4 Å². The van der Waals surface area contributed by atoms with Crippen LogP contribution in [0.3, 0.4) is 0 Å². The van der Waals surface area contributed by atoms with E-state index in [-0.39, 0.29) is 41.5 Å². The summed E-state index contributed by atoms with van der Waals surface area (Å²) in [5.74, 6) is -0.836. The molecule has 1 N–H and O–H groups in total. The van der Waals surface area contributed by atoms with Crippen LogP contribution < -0.4 is 0 Å². The second-order valence-electron chi connectivity index (χ2n) is 10.8. The van der Waals surface area contributed by atoms with Gasteiger partial charge in [0.1, 0.15) is 0 Å². The van der Waals surface area contributed by atoms with Gasteiger partial charge in [0.15, 0.2) is 5.78 Å². The van der Waals surface area contributed by atoms with Crippen molar-refractivity contribution in [3.8, 4) is 0 Å². The van der Waals surface area contributed by atoms with E-state index in [1.807, 2.05) is 13.0 Å². The molecule has 4 aliphatic carbocycles. The first-order valence-corrected chi connectivity index (χ1v) is 12.0. The second-order valence-corrected chi connectivity index (χ2v) is 10.8. The van der Waals surface area contributed by atoms with Crippen molar-refractivity contribution in [2.75, 3.05) is 6.61 Å². The molecule has 170 valence electrons. The lowest BCUT2D eigenvalue weighted by molar-refractivity contribution is -0.162. The van der Waals surface area contributed by atoms with Gasteiger partial charge in [-0.05, 0) is 67.4 Å². The molecule has 4 aliphatic rings. The predicted molar refractivity (Wildman–Crippen MR) is 117 cm³/mol. The van der Waals surface area contributed by atoms with Crippen LogP contribution in [0.2, 0.25) is 0 Å². The summed E-state index contributed by atoms with van der Waals surface area (Å²) in [7, 11) is 0. The average Bonchev–Trinajstić information content (AvgIpc) is 2.97. The molecule has 0 saturated heterocycles. The van der Waals surface area contributed by atoms with E-state index in [2.05, 4.69) is 20.8 Å². The van der Waals surface area contributed by atoms with Crippen molar-refractivity contribution >= 4 is 17.5 Å². The highest BCUT2D eigenvalue weighted by Gasteiger charge is 2.64. The van der Waals surface area contributed by atoms with Crippen LogP contribution in [0.4, 0.5) is 0 Å². The number of esters is 1. The Morgan fingerprint density at radius 3 is 2.74 bits per heavy atom. The molecule has 5 heteroatoms. The molecule has 4 rings (SSSR count). The Labute approximate surface area is 185 Å². The monoisotopic (exact) mass is 428 g/mol. The van der Waals surface area contributed by atoms with Gasteiger partial charge in [0, 0.05) is 17.3 Å². The molecule has 0 aromatic heterocycles. The van der Waals surface area contributed by atoms with E-state index in [1.54, 1.807) is 12.2 Å². The van der Waals surface area contributed by atoms with Gasteiger partial charge in [-0.25, -0.2) is 4.79 Å². The number of rotatable bonds is 5. The fraction of sp³-hybridized carbons (Fsp3) is 0.731. The van der Waals surface area contributed by atoms with Crippen molar-refractivity contribution < 1.29 is 24.2 Å². The number of hydrogen-bond donors (Lipinski definition) is 1. The van der Waals surface area contributed by atoms with Gasteiger partial charge in [-0.2, -0.15) is 0 Å². The van der Waals surface area contributed by atoms with Crippen molar-refractivity contribution in [1.82, 2.24) is 0 Å². The molecule has 5 nitrogen and oxygen atoms in total. The standard InChI is InChI=1S/C26H36O5/c1-5-6-11-31-24(30)23(29)21-15(2)12-19-18-8-7-16-13-17(27)9-10-25(16,3)22(18)20(28)14-26(19,21)4/h9-10,13,15,18-22,28H,5-8,11-12,14H2,1-4H3/t15-,18+,19+,20+,21-,22-,25+,26+/m1/s1. The normalized spacial score (nSPS) is 43.5. The molecule has 0 heterocycles. The number of Topliss-reactive ketones (excluding diaryl/α,β-unsaturated/α-hetero) is 1. The number of unbranched alkanes of at least 4 members (excludes halogenated alkanes) is 1. The summed E-state index contributed by atoms with van der Waals surface area (Å²) in [4.78, 5) is 37.7. The first-order chi connectivity index (χ1) is 14.6. The number of aliphatic hydroxyl groups is 1. The molecular formula is C26H36O5. The zero-order chi connectivity index (χ0) is 22.6. The SMILES string of the molecule is CCCCOC(=O)C(=O)[C@H]1[C@H](C)C[C@H]2[C@@H]3CCC4=CC(=O)C=C[C@]4(C)[C@H]3[C@@H](O)C[C@@]21C. The highest BCUT2D eigenvalue weighted by atomic mass is 16.5. The molecule has 3 fully saturated rings. The lowest BCUT2D eigenvalue weighted by Crippen LogP contribution is -2.56. The Hall–Kier alpha value is -1.75. The third-order valence-corrected chi connectivity index (χ3v) is 9.05. The van der Waals surface area contributed by atoms with Crippen LogP contribution in [-0.2, 0) is 19.1 Å². The van der Waals surface area contributed by atoms with E-state index < -0.39 is 29.2 Å². The number of hydrogen-bond acceptors (Lipinski definition) is 5. The summed E-state index contributed by atoms with van der Waals surface area (Å²) in [5, 5.41) is 11.4. The first-order valence-electron chi connectivity index (χ1n) is 12.0. The van der Waals surface area contributed by atoms with Crippen LogP contribution >= 0.6 is 0 Å². The summed E-state index contributed by atoms with van der Waals surface area (Å²) >= 11 is 0. The minimum Gasteiger partial charge on any atom is -0.460 e. The summed E-state index contributed by atoms with van der Waals surface area (Å²) in [6.45, 7) is 8.63. The maximum absolute atomic E-state index is 13.2. The van der Waals surface area contributed by atoms with Crippen molar-refractivity contribution in [1.29, 1.82) is 0 Å². The Kier molecular flexibility index (Phi) is 5.78. The topological polar surface area (TPSA) is 80.7 Å². The fourth-order valence-electron chi connectivity index (χ4n) is 7.76. The summed E-state index contributed by atoms with van der Waals surface area (Å²) < 4.78 is 5.26. The molecular weight excluding hydrogens is 392 g/mol. The number of fused-ring (bicyclic) bond motifs is 5. The van der Waals surface area contributed by atoms with Crippen LogP contribution in [0.25, 0.3) is 0 Å². The lowest BCUT2D eigenvalue weighted by atomic mass is 9.46. The Morgan fingerprint density at radius 1 is 1.29 bits per heavy atom. The van der Waals surface area contributed by atoms with Crippen LogP contribution in [0.15, 0.2) is 23.8 Å². The van der Waals surface area contributed by atoms with Gasteiger partial charge in [0.05, 0.1) is 12.7 Å². The number of aliphatic hydroxyl groups excluding tert-OH is 1. The summed E-state index contributed by atoms with van der Waals surface area (Å²) in [6, 6.07) is 0.